The molecule has 1 saturated carbocycles. The molecule has 1 fully saturated rings. The Morgan fingerprint density at radius 2 is 2.38 bits per heavy atom. The van der Waals surface area contributed by atoms with Gasteiger partial charge >= 0.3 is 0 Å². The summed E-state index contributed by atoms with van der Waals surface area (Å²) in [5.41, 5.74) is 7.15. The lowest BCUT2D eigenvalue weighted by Gasteiger charge is -2.26. The van der Waals surface area contributed by atoms with Crippen LogP contribution in [0.25, 0.3) is 0 Å². The first kappa shape index (κ1) is 8.60. The van der Waals surface area contributed by atoms with E-state index in [0.29, 0.717) is 5.95 Å². The predicted molar refractivity (Wildman–Crippen MR) is 53.5 cm³/mol. The van der Waals surface area contributed by atoms with Crippen molar-refractivity contribution in [2.45, 2.75) is 45.1 Å². The Morgan fingerprint density at radius 1 is 1.62 bits per heavy atom. The Hall–Kier alpha value is -0.990. The Kier molecular flexibility index (Phi) is 2.25. The van der Waals surface area contributed by atoms with Crippen molar-refractivity contribution in [1.82, 2.24) is 9.55 Å². The Balaban J connectivity index is 2.22. The number of aromatic nitrogens is 2. The van der Waals surface area contributed by atoms with E-state index in [2.05, 4.69) is 16.5 Å². The minimum absolute atomic E-state index is 0.684. The van der Waals surface area contributed by atoms with Crippen molar-refractivity contribution in [2.75, 3.05) is 5.73 Å². The van der Waals surface area contributed by atoms with Gasteiger partial charge < -0.3 is 10.3 Å². The second-order valence-corrected chi connectivity index (χ2v) is 3.82. The van der Waals surface area contributed by atoms with E-state index in [-0.39, 0.29) is 0 Å². The highest BCUT2D eigenvalue weighted by atomic mass is 15.2. The van der Waals surface area contributed by atoms with Crippen molar-refractivity contribution in [3.05, 3.63) is 11.9 Å². The van der Waals surface area contributed by atoms with Crippen LogP contribution in [0.3, 0.4) is 0 Å². The zero-order chi connectivity index (χ0) is 9.26. The standard InChI is InChI=1S/C10H17N3/c1-2-6-13-9(7-12-10(13)11)8-4-3-5-8/h7-8H,2-6H2,1H3,(H2,11,12). The van der Waals surface area contributed by atoms with Gasteiger partial charge in [-0.3, -0.25) is 0 Å². The fourth-order valence-corrected chi connectivity index (χ4v) is 1.90. The number of imidazole rings is 1. The first-order valence-corrected chi connectivity index (χ1v) is 5.13. The largest absolute Gasteiger partial charge is 0.369 e. The van der Waals surface area contributed by atoms with Gasteiger partial charge in [-0.15, -0.1) is 0 Å². The van der Waals surface area contributed by atoms with Crippen LogP contribution in [0.2, 0.25) is 0 Å². The van der Waals surface area contributed by atoms with E-state index >= 15 is 0 Å². The maximum atomic E-state index is 5.80. The number of nitrogen functional groups attached to an aromatic ring is 1. The van der Waals surface area contributed by atoms with E-state index in [1.165, 1.54) is 25.0 Å². The Labute approximate surface area is 79.0 Å². The molecule has 2 rings (SSSR count). The number of hydrogen-bond donors (Lipinski definition) is 1. The minimum Gasteiger partial charge on any atom is -0.369 e. The molecule has 1 aromatic rings. The lowest BCUT2D eigenvalue weighted by Crippen LogP contribution is -2.15. The fourth-order valence-electron chi connectivity index (χ4n) is 1.90. The normalized spacial score (nSPS) is 17.3. The predicted octanol–water partition coefficient (Wildman–Crippen LogP) is 2.14. The topological polar surface area (TPSA) is 43.8 Å². The molecular formula is C10H17N3. The van der Waals surface area contributed by atoms with Crippen molar-refractivity contribution in [2.24, 2.45) is 0 Å². The molecule has 72 valence electrons. The summed E-state index contributed by atoms with van der Waals surface area (Å²) in [6.45, 7) is 3.18. The molecule has 0 amide bonds. The van der Waals surface area contributed by atoms with E-state index in [1.807, 2.05) is 6.20 Å². The van der Waals surface area contributed by atoms with Gasteiger partial charge in [-0.2, -0.15) is 0 Å². The maximum absolute atomic E-state index is 5.80. The lowest BCUT2D eigenvalue weighted by molar-refractivity contribution is 0.396. The molecule has 2 N–H and O–H groups in total. The van der Waals surface area contributed by atoms with E-state index < -0.39 is 0 Å². The summed E-state index contributed by atoms with van der Waals surface area (Å²) in [5.74, 6) is 1.42. The SMILES string of the molecule is CCCn1c(C2CCC2)cnc1N. The summed E-state index contributed by atoms with van der Waals surface area (Å²) in [7, 11) is 0. The molecule has 0 radical (unpaired) electrons. The van der Waals surface area contributed by atoms with Crippen LogP contribution in [0.5, 0.6) is 0 Å². The molecule has 0 saturated heterocycles. The third-order valence-electron chi connectivity index (χ3n) is 2.89. The first-order chi connectivity index (χ1) is 6.33. The fraction of sp³-hybridized carbons (Fsp3) is 0.700. The van der Waals surface area contributed by atoms with Crippen LogP contribution >= 0.6 is 0 Å². The zero-order valence-corrected chi connectivity index (χ0v) is 8.16. The average Bonchev–Trinajstić information content (AvgIpc) is 2.33. The molecule has 0 bridgehead atoms. The van der Waals surface area contributed by atoms with Crippen LogP contribution in [0.4, 0.5) is 5.95 Å². The highest BCUT2D eigenvalue weighted by Gasteiger charge is 2.23. The molecule has 0 aromatic carbocycles. The van der Waals surface area contributed by atoms with Crippen LogP contribution in [-0.4, -0.2) is 9.55 Å². The molecule has 1 aromatic heterocycles. The molecule has 1 aliphatic rings. The molecule has 0 unspecified atom stereocenters. The molecule has 13 heavy (non-hydrogen) atoms. The van der Waals surface area contributed by atoms with Gasteiger partial charge in [-0.05, 0) is 19.3 Å². The highest BCUT2D eigenvalue weighted by Crippen LogP contribution is 2.36. The Bertz CT molecular complexity index is 286. The van der Waals surface area contributed by atoms with Crippen molar-refractivity contribution in [1.29, 1.82) is 0 Å². The molecule has 0 spiro atoms. The van der Waals surface area contributed by atoms with Crippen molar-refractivity contribution < 1.29 is 0 Å². The van der Waals surface area contributed by atoms with E-state index in [1.54, 1.807) is 0 Å². The zero-order valence-electron chi connectivity index (χ0n) is 8.16. The van der Waals surface area contributed by atoms with Gasteiger partial charge in [0.05, 0.1) is 6.20 Å². The van der Waals surface area contributed by atoms with Gasteiger partial charge in [-0.1, -0.05) is 13.3 Å². The first-order valence-electron chi connectivity index (χ1n) is 5.13. The summed E-state index contributed by atoms with van der Waals surface area (Å²) >= 11 is 0. The molecule has 3 heteroatoms. The van der Waals surface area contributed by atoms with E-state index in [9.17, 15) is 0 Å². The van der Waals surface area contributed by atoms with Crippen LogP contribution in [0, 0.1) is 0 Å². The number of nitrogens with two attached hydrogens (primary N) is 1. The van der Waals surface area contributed by atoms with Crippen molar-refractivity contribution >= 4 is 5.95 Å². The summed E-state index contributed by atoms with van der Waals surface area (Å²) in [5, 5.41) is 0. The molecule has 1 heterocycles. The van der Waals surface area contributed by atoms with Gasteiger partial charge in [0, 0.05) is 18.2 Å². The van der Waals surface area contributed by atoms with Gasteiger partial charge in [0.1, 0.15) is 0 Å². The van der Waals surface area contributed by atoms with E-state index in [4.69, 9.17) is 5.73 Å². The molecule has 0 atom stereocenters. The monoisotopic (exact) mass is 179 g/mol. The van der Waals surface area contributed by atoms with E-state index in [0.717, 1.165) is 18.9 Å². The smallest absolute Gasteiger partial charge is 0.200 e. The van der Waals surface area contributed by atoms with Crippen LogP contribution in [0.15, 0.2) is 6.20 Å². The van der Waals surface area contributed by atoms with Gasteiger partial charge in [0.15, 0.2) is 5.95 Å². The molecule has 0 aliphatic heterocycles. The van der Waals surface area contributed by atoms with Crippen LogP contribution in [0.1, 0.15) is 44.2 Å². The summed E-state index contributed by atoms with van der Waals surface area (Å²) in [6, 6.07) is 0. The summed E-state index contributed by atoms with van der Waals surface area (Å²) in [4.78, 5) is 4.18. The number of nitrogens with zero attached hydrogens (tertiary/aromatic N) is 2. The number of rotatable bonds is 3. The second-order valence-electron chi connectivity index (χ2n) is 3.82. The quantitative estimate of drug-likeness (QED) is 0.772. The lowest BCUT2D eigenvalue weighted by atomic mass is 9.83. The minimum atomic E-state index is 0.684. The molecule has 1 aliphatic carbocycles. The number of hydrogen-bond acceptors (Lipinski definition) is 2. The van der Waals surface area contributed by atoms with Gasteiger partial charge in [0.2, 0.25) is 0 Å². The van der Waals surface area contributed by atoms with Crippen molar-refractivity contribution in [3.63, 3.8) is 0 Å². The maximum Gasteiger partial charge on any atom is 0.200 e. The molecular weight excluding hydrogens is 162 g/mol. The summed E-state index contributed by atoms with van der Waals surface area (Å²) in [6.07, 6.45) is 7.07. The van der Waals surface area contributed by atoms with Gasteiger partial charge in [0.25, 0.3) is 0 Å². The Morgan fingerprint density at radius 3 is 2.92 bits per heavy atom. The summed E-state index contributed by atoms with van der Waals surface area (Å²) < 4.78 is 2.17. The van der Waals surface area contributed by atoms with Crippen molar-refractivity contribution in [3.8, 4) is 0 Å². The highest BCUT2D eigenvalue weighted by molar-refractivity contribution is 5.25. The number of anilines is 1. The van der Waals surface area contributed by atoms with Gasteiger partial charge in [-0.25, -0.2) is 4.98 Å². The third-order valence-corrected chi connectivity index (χ3v) is 2.89. The average molecular weight is 179 g/mol. The molecule has 3 nitrogen and oxygen atoms in total. The third kappa shape index (κ3) is 1.43. The second kappa shape index (κ2) is 3.40. The van der Waals surface area contributed by atoms with Crippen LogP contribution in [-0.2, 0) is 6.54 Å². The van der Waals surface area contributed by atoms with Crippen LogP contribution < -0.4 is 5.73 Å².